The van der Waals surface area contributed by atoms with Crippen molar-refractivity contribution in [3.63, 3.8) is 0 Å². The van der Waals surface area contributed by atoms with E-state index in [2.05, 4.69) is 6.92 Å². The Hall–Kier alpha value is -3.52. The van der Waals surface area contributed by atoms with Gasteiger partial charge in [0.05, 0.1) is 25.3 Å². The van der Waals surface area contributed by atoms with E-state index in [1.165, 1.54) is 18.1 Å². The molecular weight excluding hydrogens is 448 g/mol. The number of methoxy groups -OCH3 is 1. The fourth-order valence-electron chi connectivity index (χ4n) is 4.10. The zero-order chi connectivity index (χ0) is 25.5. The molecule has 0 radical (unpaired) electrons. The summed E-state index contributed by atoms with van der Waals surface area (Å²) in [5, 5.41) is 21.4. The van der Waals surface area contributed by atoms with Crippen LogP contribution in [0.15, 0.2) is 48.0 Å². The largest absolute Gasteiger partial charge is 0.507 e. The van der Waals surface area contributed by atoms with E-state index in [0.717, 1.165) is 19.4 Å². The monoisotopic (exact) mass is 482 g/mol. The molecule has 8 heteroatoms. The normalized spacial score (nSPS) is 17.3. The minimum absolute atomic E-state index is 0.00157. The van der Waals surface area contributed by atoms with E-state index in [0.29, 0.717) is 36.4 Å². The molecule has 1 aliphatic rings. The minimum atomic E-state index is -0.823. The van der Waals surface area contributed by atoms with Crippen molar-refractivity contribution < 1.29 is 29.3 Å². The Balaban J connectivity index is 2.07. The van der Waals surface area contributed by atoms with E-state index in [9.17, 15) is 19.8 Å². The van der Waals surface area contributed by atoms with Crippen molar-refractivity contribution >= 4 is 17.4 Å². The molecule has 0 spiro atoms. The van der Waals surface area contributed by atoms with Crippen molar-refractivity contribution in [2.45, 2.75) is 32.2 Å². The summed E-state index contributed by atoms with van der Waals surface area (Å²) in [7, 11) is 5.30. The summed E-state index contributed by atoms with van der Waals surface area (Å²) in [6, 6.07) is 10.7. The molecular formula is C27H34N2O6. The molecule has 0 aliphatic carbocycles. The number of hydrogen-bond donors (Lipinski definition) is 2. The van der Waals surface area contributed by atoms with E-state index in [4.69, 9.17) is 9.47 Å². The Morgan fingerprint density at radius 1 is 1.11 bits per heavy atom. The summed E-state index contributed by atoms with van der Waals surface area (Å²) in [5.74, 6) is -0.952. The summed E-state index contributed by atoms with van der Waals surface area (Å²) in [6.07, 6.45) is 2.54. The fourth-order valence-corrected chi connectivity index (χ4v) is 4.10. The number of hydrogen-bond acceptors (Lipinski definition) is 7. The number of phenolic OH excluding ortho intramolecular Hbond substituents is 1. The first-order valence-corrected chi connectivity index (χ1v) is 11.8. The van der Waals surface area contributed by atoms with Crippen LogP contribution < -0.4 is 9.47 Å². The maximum absolute atomic E-state index is 13.2. The van der Waals surface area contributed by atoms with Crippen LogP contribution in [0.4, 0.5) is 0 Å². The van der Waals surface area contributed by atoms with Crippen molar-refractivity contribution in [2.75, 3.05) is 40.9 Å². The van der Waals surface area contributed by atoms with Crippen LogP contribution in [0.25, 0.3) is 5.76 Å². The van der Waals surface area contributed by atoms with Crippen LogP contribution in [0.5, 0.6) is 17.2 Å². The van der Waals surface area contributed by atoms with Crippen molar-refractivity contribution in [3.05, 3.63) is 59.2 Å². The number of phenols is 1. The van der Waals surface area contributed by atoms with Gasteiger partial charge in [-0.25, -0.2) is 0 Å². The van der Waals surface area contributed by atoms with Gasteiger partial charge < -0.3 is 29.5 Å². The van der Waals surface area contributed by atoms with Gasteiger partial charge in [0.15, 0.2) is 11.5 Å². The van der Waals surface area contributed by atoms with Gasteiger partial charge in [0.1, 0.15) is 11.5 Å². The van der Waals surface area contributed by atoms with E-state index < -0.39 is 17.7 Å². The minimum Gasteiger partial charge on any atom is -0.507 e. The molecule has 188 valence electrons. The molecule has 1 amide bonds. The third kappa shape index (κ3) is 5.95. The average molecular weight is 483 g/mol. The molecule has 2 N–H and O–H groups in total. The summed E-state index contributed by atoms with van der Waals surface area (Å²) in [5.41, 5.74) is 0.944. The maximum atomic E-state index is 13.2. The van der Waals surface area contributed by atoms with Crippen molar-refractivity contribution in [1.82, 2.24) is 9.80 Å². The summed E-state index contributed by atoms with van der Waals surface area (Å²) >= 11 is 0. The lowest BCUT2D eigenvalue weighted by atomic mass is 9.95. The molecule has 0 aromatic heterocycles. The van der Waals surface area contributed by atoms with E-state index in [1.54, 1.807) is 36.4 Å². The van der Waals surface area contributed by atoms with Gasteiger partial charge in [-0.05, 0) is 63.3 Å². The van der Waals surface area contributed by atoms with Crippen LogP contribution >= 0.6 is 0 Å². The number of likely N-dealkylation sites (tertiary alicyclic amines) is 1. The van der Waals surface area contributed by atoms with Gasteiger partial charge in [-0.2, -0.15) is 0 Å². The van der Waals surface area contributed by atoms with Crippen molar-refractivity contribution in [2.24, 2.45) is 0 Å². The SMILES string of the molecule is CCCCOc1cccc(/C(O)=C2\C(=O)C(=O)N(CCCN(C)C)C2c2ccc(O)c(OC)c2)c1. The molecule has 35 heavy (non-hydrogen) atoms. The molecule has 2 aromatic carbocycles. The zero-order valence-corrected chi connectivity index (χ0v) is 20.8. The molecule has 1 saturated heterocycles. The Bertz CT molecular complexity index is 1090. The van der Waals surface area contributed by atoms with Crippen molar-refractivity contribution in [1.29, 1.82) is 0 Å². The number of aliphatic hydroxyl groups excluding tert-OH is 1. The van der Waals surface area contributed by atoms with Gasteiger partial charge in [-0.15, -0.1) is 0 Å². The van der Waals surface area contributed by atoms with Crippen molar-refractivity contribution in [3.8, 4) is 17.2 Å². The van der Waals surface area contributed by atoms with Gasteiger partial charge in [0, 0.05) is 12.1 Å². The number of ketones is 1. The highest BCUT2D eigenvalue weighted by atomic mass is 16.5. The Morgan fingerprint density at radius 2 is 1.89 bits per heavy atom. The zero-order valence-electron chi connectivity index (χ0n) is 20.8. The molecule has 1 atom stereocenters. The van der Waals surface area contributed by atoms with Crippen LogP contribution in [-0.2, 0) is 9.59 Å². The molecule has 8 nitrogen and oxygen atoms in total. The van der Waals surface area contributed by atoms with Crippen LogP contribution in [0.3, 0.4) is 0 Å². The maximum Gasteiger partial charge on any atom is 0.295 e. The molecule has 1 unspecified atom stereocenters. The smallest absolute Gasteiger partial charge is 0.295 e. The van der Waals surface area contributed by atoms with Crippen LogP contribution in [0, 0.1) is 0 Å². The highest BCUT2D eigenvalue weighted by molar-refractivity contribution is 6.46. The number of aromatic hydroxyl groups is 1. The predicted octanol–water partition coefficient (Wildman–Crippen LogP) is 3.95. The van der Waals surface area contributed by atoms with E-state index in [-0.39, 0.29) is 22.8 Å². The lowest BCUT2D eigenvalue weighted by Crippen LogP contribution is -2.32. The van der Waals surface area contributed by atoms with Crippen LogP contribution in [-0.4, -0.2) is 72.6 Å². The van der Waals surface area contributed by atoms with Gasteiger partial charge in [0.25, 0.3) is 11.7 Å². The number of ether oxygens (including phenoxy) is 2. The molecule has 2 aromatic rings. The second kappa shape index (κ2) is 11.8. The first-order chi connectivity index (χ1) is 16.8. The Morgan fingerprint density at radius 3 is 2.57 bits per heavy atom. The second-order valence-corrected chi connectivity index (χ2v) is 8.81. The number of Topliss-reactive ketones (excluding diaryl/α,β-unsaturated/α-hetero) is 1. The number of amides is 1. The number of carbonyl (C=O) groups excluding carboxylic acids is 2. The number of carbonyl (C=O) groups is 2. The quantitative estimate of drug-likeness (QED) is 0.216. The number of benzene rings is 2. The fraction of sp³-hybridized carbons (Fsp3) is 0.407. The first kappa shape index (κ1) is 26.1. The lowest BCUT2D eigenvalue weighted by molar-refractivity contribution is -0.139. The molecule has 0 bridgehead atoms. The second-order valence-electron chi connectivity index (χ2n) is 8.81. The predicted molar refractivity (Wildman–Crippen MR) is 134 cm³/mol. The van der Waals surface area contributed by atoms with E-state index in [1.807, 2.05) is 19.0 Å². The summed E-state index contributed by atoms with van der Waals surface area (Å²) < 4.78 is 11.0. The third-order valence-corrected chi connectivity index (χ3v) is 5.94. The highest BCUT2D eigenvalue weighted by Crippen LogP contribution is 2.42. The summed E-state index contributed by atoms with van der Waals surface area (Å²) in [6.45, 7) is 3.67. The number of aliphatic hydroxyl groups is 1. The van der Waals surface area contributed by atoms with Gasteiger partial charge in [-0.1, -0.05) is 31.5 Å². The first-order valence-electron chi connectivity index (χ1n) is 11.8. The molecule has 0 saturated carbocycles. The van der Waals surface area contributed by atoms with Crippen LogP contribution in [0.1, 0.15) is 43.4 Å². The standard InChI is InChI=1S/C27H34N2O6/c1-5-6-15-35-20-10-7-9-19(16-20)25(31)23-24(18-11-12-21(30)22(17-18)34-4)29(27(33)26(23)32)14-8-13-28(2)3/h7,9-12,16-17,24,30-31H,5-6,8,13-15H2,1-4H3/b25-23+. The topological polar surface area (TPSA) is 99.5 Å². The number of rotatable bonds is 11. The number of unbranched alkanes of at least 4 members (excludes halogenated alkanes) is 1. The Labute approximate surface area is 206 Å². The van der Waals surface area contributed by atoms with Gasteiger partial charge >= 0.3 is 0 Å². The highest BCUT2D eigenvalue weighted by Gasteiger charge is 2.46. The molecule has 3 rings (SSSR count). The number of nitrogens with zero attached hydrogens (tertiary/aromatic N) is 2. The molecule has 1 fully saturated rings. The molecule has 1 aliphatic heterocycles. The Kier molecular flexibility index (Phi) is 8.76. The average Bonchev–Trinajstić information content (AvgIpc) is 3.09. The summed E-state index contributed by atoms with van der Waals surface area (Å²) in [4.78, 5) is 29.8. The lowest BCUT2D eigenvalue weighted by Gasteiger charge is -2.26. The third-order valence-electron chi connectivity index (χ3n) is 5.94. The van der Waals surface area contributed by atoms with Gasteiger partial charge in [-0.3, -0.25) is 9.59 Å². The van der Waals surface area contributed by atoms with E-state index >= 15 is 0 Å². The van der Waals surface area contributed by atoms with Crippen LogP contribution in [0.2, 0.25) is 0 Å². The molecule has 1 heterocycles. The van der Waals surface area contributed by atoms with Gasteiger partial charge in [0.2, 0.25) is 0 Å².